The van der Waals surface area contributed by atoms with E-state index < -0.39 is 0 Å². The van der Waals surface area contributed by atoms with Crippen LogP contribution in [0.3, 0.4) is 0 Å². The first-order valence-electron chi connectivity index (χ1n) is 5.95. The van der Waals surface area contributed by atoms with Crippen LogP contribution < -0.4 is 11.1 Å². The van der Waals surface area contributed by atoms with Gasteiger partial charge < -0.3 is 11.1 Å². The van der Waals surface area contributed by atoms with Gasteiger partial charge in [-0.05, 0) is 38.1 Å². The van der Waals surface area contributed by atoms with Crippen LogP contribution in [-0.2, 0) is 0 Å². The lowest BCUT2D eigenvalue weighted by Crippen LogP contribution is -1.98. The third-order valence-corrected chi connectivity index (χ3v) is 2.73. The van der Waals surface area contributed by atoms with Crippen LogP contribution in [0.15, 0.2) is 30.3 Å². The Morgan fingerprint density at radius 2 is 1.84 bits per heavy atom. The van der Waals surface area contributed by atoms with Gasteiger partial charge in [0.2, 0.25) is 5.95 Å². The topological polar surface area (TPSA) is 81.1 Å². The molecule has 0 aliphatic rings. The van der Waals surface area contributed by atoms with E-state index in [2.05, 4.69) is 20.4 Å². The minimum absolute atomic E-state index is 0.517. The monoisotopic (exact) mass is 254 g/mol. The summed E-state index contributed by atoms with van der Waals surface area (Å²) in [6.45, 7) is 3.90. The molecule has 0 unspecified atom stereocenters. The minimum atomic E-state index is 0.517. The SMILES string of the molecule is Cc1cc(Nc2nc3cccc(N)n3n2)cc(C)n1. The van der Waals surface area contributed by atoms with Gasteiger partial charge in [-0.2, -0.15) is 9.50 Å². The summed E-state index contributed by atoms with van der Waals surface area (Å²) in [6.07, 6.45) is 0. The van der Waals surface area contributed by atoms with Crippen molar-refractivity contribution in [1.82, 2.24) is 19.6 Å². The van der Waals surface area contributed by atoms with Crippen LogP contribution in [-0.4, -0.2) is 19.6 Å². The fourth-order valence-corrected chi connectivity index (χ4v) is 2.01. The molecule has 3 aromatic rings. The van der Waals surface area contributed by atoms with Gasteiger partial charge in [0, 0.05) is 17.1 Å². The summed E-state index contributed by atoms with van der Waals surface area (Å²) in [5.41, 5.74) is 9.36. The molecule has 3 rings (SSSR count). The van der Waals surface area contributed by atoms with Crippen molar-refractivity contribution in [3.63, 3.8) is 0 Å². The Bertz CT molecular complexity index is 726. The largest absolute Gasteiger partial charge is 0.384 e. The van der Waals surface area contributed by atoms with Gasteiger partial charge in [-0.15, -0.1) is 5.10 Å². The molecule has 0 aliphatic carbocycles. The van der Waals surface area contributed by atoms with E-state index in [1.807, 2.05) is 38.1 Å². The maximum atomic E-state index is 5.83. The predicted molar refractivity (Wildman–Crippen MR) is 74.4 cm³/mol. The Morgan fingerprint density at radius 3 is 2.53 bits per heavy atom. The van der Waals surface area contributed by atoms with Crippen LogP contribution >= 0.6 is 0 Å². The Hall–Kier alpha value is -2.63. The van der Waals surface area contributed by atoms with E-state index in [4.69, 9.17) is 5.73 Å². The summed E-state index contributed by atoms with van der Waals surface area (Å²) in [5.74, 6) is 1.07. The number of pyridine rings is 2. The molecule has 0 spiro atoms. The zero-order chi connectivity index (χ0) is 13.4. The van der Waals surface area contributed by atoms with E-state index in [0.717, 1.165) is 17.1 Å². The first-order chi connectivity index (χ1) is 9.11. The van der Waals surface area contributed by atoms with Crippen LogP contribution in [0.2, 0.25) is 0 Å². The van der Waals surface area contributed by atoms with Gasteiger partial charge in [0.25, 0.3) is 0 Å². The van der Waals surface area contributed by atoms with Crippen molar-refractivity contribution >= 4 is 23.1 Å². The number of nitrogens with one attached hydrogen (secondary N) is 1. The number of hydrogen-bond donors (Lipinski definition) is 2. The van der Waals surface area contributed by atoms with Crippen molar-refractivity contribution in [3.05, 3.63) is 41.7 Å². The van der Waals surface area contributed by atoms with Crippen molar-refractivity contribution in [3.8, 4) is 0 Å². The maximum Gasteiger partial charge on any atom is 0.247 e. The third-order valence-electron chi connectivity index (χ3n) is 2.73. The number of hydrogen-bond acceptors (Lipinski definition) is 5. The lowest BCUT2D eigenvalue weighted by molar-refractivity contribution is 0.977. The number of rotatable bonds is 2. The first-order valence-corrected chi connectivity index (χ1v) is 5.95. The number of aromatic nitrogens is 4. The van der Waals surface area contributed by atoms with Crippen LogP contribution in [0.1, 0.15) is 11.4 Å². The molecule has 3 aromatic heterocycles. The predicted octanol–water partition coefficient (Wildman–Crippen LogP) is 2.07. The minimum Gasteiger partial charge on any atom is -0.384 e. The molecule has 3 heterocycles. The van der Waals surface area contributed by atoms with Crippen molar-refractivity contribution in [2.24, 2.45) is 0 Å². The van der Waals surface area contributed by atoms with Gasteiger partial charge in [0.05, 0.1) is 0 Å². The molecule has 6 heteroatoms. The molecular formula is C13H14N6. The molecule has 0 saturated heterocycles. The third kappa shape index (κ3) is 2.20. The Morgan fingerprint density at radius 1 is 1.11 bits per heavy atom. The molecule has 0 aliphatic heterocycles. The smallest absolute Gasteiger partial charge is 0.247 e. The molecule has 6 nitrogen and oxygen atoms in total. The number of nitrogens with zero attached hydrogens (tertiary/aromatic N) is 4. The summed E-state index contributed by atoms with van der Waals surface area (Å²) in [6, 6.07) is 9.39. The van der Waals surface area contributed by atoms with Crippen LogP contribution in [0, 0.1) is 13.8 Å². The summed E-state index contributed by atoms with van der Waals surface area (Å²) in [7, 11) is 0. The van der Waals surface area contributed by atoms with Gasteiger partial charge in [-0.3, -0.25) is 4.98 Å². The second kappa shape index (κ2) is 4.24. The van der Waals surface area contributed by atoms with Crippen molar-refractivity contribution in [2.45, 2.75) is 13.8 Å². The fraction of sp³-hybridized carbons (Fsp3) is 0.154. The van der Waals surface area contributed by atoms with Gasteiger partial charge in [0.15, 0.2) is 5.65 Å². The lowest BCUT2D eigenvalue weighted by atomic mass is 10.3. The second-order valence-corrected chi connectivity index (χ2v) is 4.42. The van der Waals surface area contributed by atoms with Crippen molar-refractivity contribution in [2.75, 3.05) is 11.1 Å². The average molecular weight is 254 g/mol. The van der Waals surface area contributed by atoms with Gasteiger partial charge in [-0.1, -0.05) is 6.07 Å². The highest BCUT2D eigenvalue weighted by molar-refractivity contribution is 5.57. The summed E-state index contributed by atoms with van der Waals surface area (Å²) >= 11 is 0. The quantitative estimate of drug-likeness (QED) is 0.731. The lowest BCUT2D eigenvalue weighted by Gasteiger charge is -2.03. The number of fused-ring (bicyclic) bond motifs is 1. The van der Waals surface area contributed by atoms with Crippen molar-refractivity contribution < 1.29 is 0 Å². The van der Waals surface area contributed by atoms with Crippen LogP contribution in [0.25, 0.3) is 5.65 Å². The molecule has 0 radical (unpaired) electrons. The molecule has 96 valence electrons. The van der Waals surface area contributed by atoms with E-state index in [1.165, 1.54) is 0 Å². The summed E-state index contributed by atoms with van der Waals surface area (Å²) in [4.78, 5) is 8.70. The molecule has 0 saturated carbocycles. The zero-order valence-electron chi connectivity index (χ0n) is 10.8. The number of nitrogens with two attached hydrogens (primary N) is 1. The molecule has 19 heavy (non-hydrogen) atoms. The molecule has 3 N–H and O–H groups in total. The maximum absolute atomic E-state index is 5.83. The van der Waals surface area contributed by atoms with Gasteiger partial charge >= 0.3 is 0 Å². The first kappa shape index (κ1) is 11.5. The van der Waals surface area contributed by atoms with Gasteiger partial charge in [0.1, 0.15) is 5.82 Å². The molecule has 0 atom stereocenters. The zero-order valence-corrected chi connectivity index (χ0v) is 10.8. The van der Waals surface area contributed by atoms with E-state index in [9.17, 15) is 0 Å². The number of nitrogen functional groups attached to an aromatic ring is 1. The molecule has 0 amide bonds. The van der Waals surface area contributed by atoms with E-state index in [0.29, 0.717) is 17.4 Å². The van der Waals surface area contributed by atoms with E-state index in [1.54, 1.807) is 10.6 Å². The molecule has 0 aromatic carbocycles. The van der Waals surface area contributed by atoms with Crippen molar-refractivity contribution in [1.29, 1.82) is 0 Å². The van der Waals surface area contributed by atoms with E-state index >= 15 is 0 Å². The Kier molecular flexibility index (Phi) is 2.56. The summed E-state index contributed by atoms with van der Waals surface area (Å²) < 4.78 is 1.60. The van der Waals surface area contributed by atoms with E-state index in [-0.39, 0.29) is 0 Å². The molecular weight excluding hydrogens is 240 g/mol. The average Bonchev–Trinajstić information content (AvgIpc) is 2.71. The highest BCUT2D eigenvalue weighted by Gasteiger charge is 2.06. The fourth-order valence-electron chi connectivity index (χ4n) is 2.01. The highest BCUT2D eigenvalue weighted by Crippen LogP contribution is 2.17. The number of anilines is 3. The molecule has 0 fully saturated rings. The second-order valence-electron chi connectivity index (χ2n) is 4.42. The summed E-state index contributed by atoms with van der Waals surface area (Å²) in [5, 5.41) is 7.48. The Labute approximate surface area is 110 Å². The standard InChI is InChI=1S/C13H14N6/c1-8-6-10(7-9(2)15-8)16-13-17-12-5-3-4-11(14)19(12)18-13/h3-7H,14H2,1-2H3,(H,15,16,18). The Balaban J connectivity index is 1.99. The van der Waals surface area contributed by atoms with Crippen LogP contribution in [0.4, 0.5) is 17.5 Å². The number of aryl methyl sites for hydroxylation is 2. The molecule has 0 bridgehead atoms. The highest BCUT2D eigenvalue weighted by atomic mass is 15.4. The normalized spacial score (nSPS) is 10.8. The van der Waals surface area contributed by atoms with Gasteiger partial charge in [-0.25, -0.2) is 0 Å². The van der Waals surface area contributed by atoms with Crippen LogP contribution in [0.5, 0.6) is 0 Å².